The number of amides is 1. The Labute approximate surface area is 169 Å². The number of ether oxygens (including phenoxy) is 3. The Kier molecular flexibility index (Phi) is 6.34. The van der Waals surface area contributed by atoms with Crippen molar-refractivity contribution in [1.82, 2.24) is 5.32 Å². The zero-order valence-electron chi connectivity index (χ0n) is 16.6. The Balaban J connectivity index is 1.66. The van der Waals surface area contributed by atoms with Gasteiger partial charge in [0.2, 0.25) is 0 Å². The summed E-state index contributed by atoms with van der Waals surface area (Å²) in [6.07, 6.45) is 0. The normalized spacial score (nSPS) is 11.6. The SMILES string of the molecule is COC(=O)c1ccc(OC)cc1OCC(=O)N[C@H](C)c1ccc2ccccc2c1. The molecular weight excluding hydrogens is 370 g/mol. The molecule has 29 heavy (non-hydrogen) atoms. The number of methoxy groups -OCH3 is 2. The van der Waals surface area contributed by atoms with E-state index in [1.54, 1.807) is 12.1 Å². The van der Waals surface area contributed by atoms with Gasteiger partial charge in [0.25, 0.3) is 5.91 Å². The van der Waals surface area contributed by atoms with Crippen molar-refractivity contribution in [2.45, 2.75) is 13.0 Å². The molecule has 0 heterocycles. The Morgan fingerprint density at radius 2 is 1.72 bits per heavy atom. The monoisotopic (exact) mass is 393 g/mol. The number of hydrogen-bond acceptors (Lipinski definition) is 5. The maximum Gasteiger partial charge on any atom is 0.341 e. The van der Waals surface area contributed by atoms with Crippen molar-refractivity contribution >= 4 is 22.6 Å². The van der Waals surface area contributed by atoms with E-state index < -0.39 is 5.97 Å². The second-order valence-electron chi connectivity index (χ2n) is 6.54. The topological polar surface area (TPSA) is 73.9 Å². The molecule has 6 nitrogen and oxygen atoms in total. The van der Waals surface area contributed by atoms with Gasteiger partial charge in [-0.25, -0.2) is 4.79 Å². The fourth-order valence-corrected chi connectivity index (χ4v) is 3.01. The maximum absolute atomic E-state index is 12.4. The standard InChI is InChI=1S/C23H23NO5/c1-15(17-9-8-16-6-4-5-7-18(16)12-17)24-22(25)14-29-21-13-19(27-2)10-11-20(21)23(26)28-3/h4-13,15H,14H2,1-3H3,(H,24,25)/t15-/m1/s1. The summed E-state index contributed by atoms with van der Waals surface area (Å²) in [5.41, 5.74) is 1.22. The first-order valence-corrected chi connectivity index (χ1v) is 9.19. The molecule has 0 saturated heterocycles. The predicted octanol–water partition coefficient (Wildman–Crippen LogP) is 3.89. The summed E-state index contributed by atoms with van der Waals surface area (Å²) in [5, 5.41) is 5.17. The van der Waals surface area contributed by atoms with Gasteiger partial charge in [-0.15, -0.1) is 0 Å². The van der Waals surface area contributed by atoms with Crippen molar-refractivity contribution in [2.75, 3.05) is 20.8 Å². The average molecular weight is 393 g/mol. The van der Waals surface area contributed by atoms with E-state index in [1.165, 1.54) is 20.3 Å². The molecule has 0 aromatic heterocycles. The van der Waals surface area contributed by atoms with Crippen LogP contribution in [0.5, 0.6) is 11.5 Å². The molecule has 0 radical (unpaired) electrons. The number of benzene rings is 3. The molecule has 0 saturated carbocycles. The van der Waals surface area contributed by atoms with Crippen molar-refractivity contribution in [2.24, 2.45) is 0 Å². The van der Waals surface area contributed by atoms with Crippen LogP contribution in [0.25, 0.3) is 10.8 Å². The number of fused-ring (bicyclic) bond motifs is 1. The highest BCUT2D eigenvalue weighted by atomic mass is 16.5. The Bertz CT molecular complexity index is 1030. The third kappa shape index (κ3) is 4.85. The average Bonchev–Trinajstić information content (AvgIpc) is 2.76. The summed E-state index contributed by atoms with van der Waals surface area (Å²) >= 11 is 0. The molecule has 0 aliphatic rings. The summed E-state index contributed by atoms with van der Waals surface area (Å²) < 4.78 is 15.5. The van der Waals surface area contributed by atoms with E-state index in [2.05, 4.69) is 11.4 Å². The molecule has 1 N–H and O–H groups in total. The molecule has 0 fully saturated rings. The number of hydrogen-bond donors (Lipinski definition) is 1. The van der Waals surface area contributed by atoms with E-state index in [0.717, 1.165) is 16.3 Å². The largest absolute Gasteiger partial charge is 0.497 e. The highest BCUT2D eigenvalue weighted by molar-refractivity contribution is 5.93. The Morgan fingerprint density at radius 3 is 2.45 bits per heavy atom. The number of nitrogens with one attached hydrogen (secondary N) is 1. The summed E-state index contributed by atoms with van der Waals surface area (Å²) in [6.45, 7) is 1.67. The number of carbonyl (C=O) groups excluding carboxylic acids is 2. The maximum atomic E-state index is 12.4. The molecule has 0 unspecified atom stereocenters. The molecule has 3 rings (SSSR count). The second kappa shape index (κ2) is 9.10. The van der Waals surface area contributed by atoms with E-state index in [0.29, 0.717) is 5.75 Å². The number of rotatable bonds is 7. The fraction of sp³-hybridized carbons (Fsp3) is 0.217. The lowest BCUT2D eigenvalue weighted by atomic mass is 10.0. The van der Waals surface area contributed by atoms with Gasteiger partial charge >= 0.3 is 5.97 Å². The first-order valence-electron chi connectivity index (χ1n) is 9.19. The minimum absolute atomic E-state index is 0.193. The van der Waals surface area contributed by atoms with Crippen molar-refractivity contribution in [3.05, 3.63) is 71.8 Å². The third-order valence-electron chi connectivity index (χ3n) is 4.60. The van der Waals surface area contributed by atoms with Gasteiger partial charge < -0.3 is 19.5 Å². The fourth-order valence-electron chi connectivity index (χ4n) is 3.01. The lowest BCUT2D eigenvalue weighted by molar-refractivity contribution is -0.123. The summed E-state index contributed by atoms with van der Waals surface area (Å²) in [6, 6.07) is 18.6. The van der Waals surface area contributed by atoms with Crippen LogP contribution in [0.3, 0.4) is 0 Å². The highest BCUT2D eigenvalue weighted by Gasteiger charge is 2.16. The van der Waals surface area contributed by atoms with Crippen LogP contribution in [0.4, 0.5) is 0 Å². The first kappa shape index (κ1) is 20.2. The van der Waals surface area contributed by atoms with Gasteiger partial charge in [0.15, 0.2) is 6.61 Å². The van der Waals surface area contributed by atoms with Gasteiger partial charge in [-0.3, -0.25) is 4.79 Å². The molecule has 3 aromatic rings. The third-order valence-corrected chi connectivity index (χ3v) is 4.60. The predicted molar refractivity (Wildman–Crippen MR) is 110 cm³/mol. The molecule has 1 atom stereocenters. The van der Waals surface area contributed by atoms with Crippen LogP contribution in [-0.2, 0) is 9.53 Å². The van der Waals surface area contributed by atoms with Crippen LogP contribution in [0.15, 0.2) is 60.7 Å². The Morgan fingerprint density at radius 1 is 0.966 bits per heavy atom. The Hall–Kier alpha value is -3.54. The van der Waals surface area contributed by atoms with E-state index >= 15 is 0 Å². The molecule has 0 aliphatic carbocycles. The van der Waals surface area contributed by atoms with Crippen molar-refractivity contribution in [1.29, 1.82) is 0 Å². The quantitative estimate of drug-likeness (QED) is 0.617. The molecule has 1 amide bonds. The van der Waals surface area contributed by atoms with Gasteiger partial charge in [-0.05, 0) is 41.5 Å². The van der Waals surface area contributed by atoms with Crippen LogP contribution in [0.2, 0.25) is 0 Å². The lowest BCUT2D eigenvalue weighted by Gasteiger charge is -2.16. The van der Waals surface area contributed by atoms with Crippen molar-refractivity contribution in [3.63, 3.8) is 0 Å². The van der Waals surface area contributed by atoms with Gasteiger partial charge in [0.1, 0.15) is 17.1 Å². The molecule has 6 heteroatoms. The van der Waals surface area contributed by atoms with Crippen LogP contribution in [0, 0.1) is 0 Å². The molecule has 150 valence electrons. The molecule has 3 aromatic carbocycles. The molecule has 0 bridgehead atoms. The van der Waals surface area contributed by atoms with Crippen molar-refractivity contribution < 1.29 is 23.8 Å². The minimum Gasteiger partial charge on any atom is -0.497 e. The van der Waals surface area contributed by atoms with Gasteiger partial charge in [-0.2, -0.15) is 0 Å². The molecular formula is C23H23NO5. The lowest BCUT2D eigenvalue weighted by Crippen LogP contribution is -2.31. The summed E-state index contributed by atoms with van der Waals surface area (Å²) in [7, 11) is 2.79. The van der Waals surface area contributed by atoms with Crippen LogP contribution >= 0.6 is 0 Å². The van der Waals surface area contributed by atoms with E-state index in [4.69, 9.17) is 14.2 Å². The zero-order valence-corrected chi connectivity index (χ0v) is 16.6. The smallest absolute Gasteiger partial charge is 0.341 e. The van der Waals surface area contributed by atoms with Crippen LogP contribution < -0.4 is 14.8 Å². The van der Waals surface area contributed by atoms with Crippen LogP contribution in [0.1, 0.15) is 28.9 Å². The van der Waals surface area contributed by atoms with Crippen LogP contribution in [-0.4, -0.2) is 32.7 Å². The summed E-state index contributed by atoms with van der Waals surface area (Å²) in [4.78, 5) is 24.3. The minimum atomic E-state index is -0.549. The first-order chi connectivity index (χ1) is 14.0. The van der Waals surface area contributed by atoms with E-state index in [-0.39, 0.29) is 29.9 Å². The summed E-state index contributed by atoms with van der Waals surface area (Å²) in [5.74, 6) is -0.112. The number of esters is 1. The number of carbonyl (C=O) groups is 2. The molecule has 0 aliphatic heterocycles. The van der Waals surface area contributed by atoms with Gasteiger partial charge in [0, 0.05) is 6.07 Å². The zero-order chi connectivity index (χ0) is 20.8. The second-order valence-corrected chi connectivity index (χ2v) is 6.54. The van der Waals surface area contributed by atoms with E-state index in [1.807, 2.05) is 43.3 Å². The highest BCUT2D eigenvalue weighted by Crippen LogP contribution is 2.26. The van der Waals surface area contributed by atoms with E-state index in [9.17, 15) is 9.59 Å². The molecule has 0 spiro atoms. The van der Waals surface area contributed by atoms with Gasteiger partial charge in [0.05, 0.1) is 20.3 Å². The van der Waals surface area contributed by atoms with Gasteiger partial charge in [-0.1, -0.05) is 36.4 Å². The van der Waals surface area contributed by atoms with Crippen molar-refractivity contribution in [3.8, 4) is 11.5 Å².